The Morgan fingerprint density at radius 1 is 1.32 bits per heavy atom. The quantitative estimate of drug-likeness (QED) is 0.486. The van der Waals surface area contributed by atoms with Crippen LogP contribution in [0.2, 0.25) is 5.15 Å². The fourth-order valence-electron chi connectivity index (χ4n) is 4.25. The van der Waals surface area contributed by atoms with Gasteiger partial charge < -0.3 is 9.88 Å². The molecule has 2 amide bonds. The molecule has 0 unspecified atom stereocenters. The lowest BCUT2D eigenvalue weighted by Crippen LogP contribution is -2.38. The summed E-state index contributed by atoms with van der Waals surface area (Å²) in [6, 6.07) is 7.53. The van der Waals surface area contributed by atoms with Gasteiger partial charge in [0, 0.05) is 42.5 Å². The second-order valence-corrected chi connectivity index (χ2v) is 8.54. The van der Waals surface area contributed by atoms with Crippen LogP contribution >= 0.6 is 11.6 Å². The zero-order valence-corrected chi connectivity index (χ0v) is 17.8. The Hall–Kier alpha value is -3.19. The lowest BCUT2D eigenvalue weighted by Gasteiger charge is -2.32. The van der Waals surface area contributed by atoms with Crippen molar-refractivity contribution < 1.29 is 9.59 Å². The SMILES string of the molecule is C[C@@H]1CN(C(=O)c2ccnc(Cl)c2)CC=C1c1cc(N(C=O)C2CC2)nc2[nH]ccc12. The van der Waals surface area contributed by atoms with E-state index in [2.05, 4.69) is 28.0 Å². The van der Waals surface area contributed by atoms with E-state index in [-0.39, 0.29) is 17.9 Å². The van der Waals surface area contributed by atoms with Gasteiger partial charge in [-0.25, -0.2) is 9.97 Å². The van der Waals surface area contributed by atoms with Crippen molar-refractivity contribution in [3.05, 3.63) is 59.0 Å². The van der Waals surface area contributed by atoms with Crippen molar-refractivity contribution in [2.45, 2.75) is 25.8 Å². The van der Waals surface area contributed by atoms with Crippen LogP contribution in [0.15, 0.2) is 42.7 Å². The molecule has 4 heterocycles. The summed E-state index contributed by atoms with van der Waals surface area (Å²) in [5, 5.41) is 1.32. The maximum absolute atomic E-state index is 12.9. The number of hydrogen-bond acceptors (Lipinski definition) is 4. The highest BCUT2D eigenvalue weighted by atomic mass is 35.5. The maximum Gasteiger partial charge on any atom is 0.254 e. The summed E-state index contributed by atoms with van der Waals surface area (Å²) in [7, 11) is 0. The number of fused-ring (bicyclic) bond motifs is 1. The molecule has 158 valence electrons. The number of hydrogen-bond donors (Lipinski definition) is 1. The number of rotatable bonds is 5. The van der Waals surface area contributed by atoms with Gasteiger partial charge >= 0.3 is 0 Å². The molecule has 8 heteroatoms. The van der Waals surface area contributed by atoms with Gasteiger partial charge in [0.05, 0.1) is 0 Å². The third-order valence-electron chi connectivity index (χ3n) is 5.96. The number of nitrogens with one attached hydrogen (secondary N) is 1. The Morgan fingerprint density at radius 3 is 2.87 bits per heavy atom. The lowest BCUT2D eigenvalue weighted by molar-refractivity contribution is -0.107. The minimum atomic E-state index is -0.0606. The number of carbonyl (C=O) groups is 2. The molecular formula is C23H22ClN5O2. The van der Waals surface area contributed by atoms with E-state index in [1.807, 2.05) is 23.2 Å². The van der Waals surface area contributed by atoms with Gasteiger partial charge in [-0.1, -0.05) is 24.6 Å². The van der Waals surface area contributed by atoms with Crippen LogP contribution in [0.1, 0.15) is 35.7 Å². The Kier molecular flexibility index (Phi) is 4.98. The van der Waals surface area contributed by atoms with Crippen LogP contribution in [0.4, 0.5) is 5.82 Å². The zero-order chi connectivity index (χ0) is 21.5. The van der Waals surface area contributed by atoms with Crippen LogP contribution in [-0.4, -0.2) is 51.3 Å². The molecule has 0 saturated heterocycles. The number of amides is 2. The van der Waals surface area contributed by atoms with Crippen molar-refractivity contribution >= 4 is 46.3 Å². The molecule has 3 aromatic rings. The second-order valence-electron chi connectivity index (χ2n) is 8.15. The van der Waals surface area contributed by atoms with Gasteiger partial charge in [-0.05, 0) is 54.2 Å². The summed E-state index contributed by atoms with van der Waals surface area (Å²) in [6.07, 6.45) is 8.40. The summed E-state index contributed by atoms with van der Waals surface area (Å²) < 4.78 is 0. The Labute approximate surface area is 184 Å². The molecule has 0 aromatic carbocycles. The van der Waals surface area contributed by atoms with Gasteiger partial charge in [0.15, 0.2) is 0 Å². The number of aromatic amines is 1. The summed E-state index contributed by atoms with van der Waals surface area (Å²) >= 11 is 5.95. The van der Waals surface area contributed by atoms with E-state index < -0.39 is 0 Å². The molecule has 1 aliphatic carbocycles. The number of aromatic nitrogens is 3. The first-order valence-corrected chi connectivity index (χ1v) is 10.8. The molecule has 2 aliphatic rings. The van der Waals surface area contributed by atoms with E-state index in [4.69, 9.17) is 11.6 Å². The number of carbonyl (C=O) groups excluding carboxylic acids is 2. The standard InChI is InChI=1S/C23H22ClN5O2/c1-14-12-28(23(31)15-4-7-25-20(24)10-15)9-6-17(14)19-11-21(29(13-30)16-2-3-16)27-22-18(19)5-8-26-22/h4-8,10-11,13-14,16H,2-3,9,12H2,1H3,(H,26,27)/t14-/m1/s1. The highest BCUT2D eigenvalue weighted by molar-refractivity contribution is 6.29. The van der Waals surface area contributed by atoms with Crippen molar-refractivity contribution in [1.82, 2.24) is 19.9 Å². The zero-order valence-electron chi connectivity index (χ0n) is 17.1. The first-order chi connectivity index (χ1) is 15.0. The average molecular weight is 436 g/mol. The van der Waals surface area contributed by atoms with Crippen molar-refractivity contribution in [3.63, 3.8) is 0 Å². The fourth-order valence-corrected chi connectivity index (χ4v) is 4.42. The van der Waals surface area contributed by atoms with E-state index >= 15 is 0 Å². The predicted molar refractivity (Wildman–Crippen MR) is 120 cm³/mol. The highest BCUT2D eigenvalue weighted by Gasteiger charge is 2.31. The van der Waals surface area contributed by atoms with E-state index in [1.165, 1.54) is 0 Å². The van der Waals surface area contributed by atoms with Gasteiger partial charge in [0.1, 0.15) is 16.6 Å². The van der Waals surface area contributed by atoms with Crippen molar-refractivity contribution in [2.24, 2.45) is 5.92 Å². The molecular weight excluding hydrogens is 414 g/mol. The van der Waals surface area contributed by atoms with E-state index in [0.29, 0.717) is 29.6 Å². The van der Waals surface area contributed by atoms with Crippen molar-refractivity contribution in [2.75, 3.05) is 18.0 Å². The molecule has 1 aliphatic heterocycles. The average Bonchev–Trinajstić information content (AvgIpc) is 3.49. The minimum Gasteiger partial charge on any atom is -0.346 e. The van der Waals surface area contributed by atoms with Crippen LogP contribution in [-0.2, 0) is 4.79 Å². The third kappa shape index (κ3) is 3.70. The Morgan fingerprint density at radius 2 is 2.16 bits per heavy atom. The molecule has 0 radical (unpaired) electrons. The van der Waals surface area contributed by atoms with Gasteiger partial charge in [-0.2, -0.15) is 0 Å². The second kappa shape index (κ2) is 7.81. The monoisotopic (exact) mass is 435 g/mol. The molecule has 31 heavy (non-hydrogen) atoms. The van der Waals surface area contributed by atoms with Crippen LogP contribution < -0.4 is 4.90 Å². The normalized spacial score (nSPS) is 18.7. The summed E-state index contributed by atoms with van der Waals surface area (Å²) in [6.45, 7) is 3.21. The van der Waals surface area contributed by atoms with E-state index in [0.717, 1.165) is 41.4 Å². The minimum absolute atomic E-state index is 0.0606. The maximum atomic E-state index is 12.9. The fraction of sp³-hybridized carbons (Fsp3) is 0.304. The van der Waals surface area contributed by atoms with Crippen molar-refractivity contribution in [1.29, 1.82) is 0 Å². The molecule has 1 N–H and O–H groups in total. The third-order valence-corrected chi connectivity index (χ3v) is 6.17. The Bertz CT molecular complexity index is 1200. The van der Waals surface area contributed by atoms with Gasteiger partial charge in [-0.3, -0.25) is 14.5 Å². The summed E-state index contributed by atoms with van der Waals surface area (Å²) in [4.78, 5) is 40.0. The largest absolute Gasteiger partial charge is 0.346 e. The first kappa shape index (κ1) is 19.8. The molecule has 0 spiro atoms. The Balaban J connectivity index is 1.48. The van der Waals surface area contributed by atoms with Gasteiger partial charge in [-0.15, -0.1) is 0 Å². The van der Waals surface area contributed by atoms with E-state index in [9.17, 15) is 9.59 Å². The topological polar surface area (TPSA) is 82.2 Å². The van der Waals surface area contributed by atoms with E-state index in [1.54, 1.807) is 23.2 Å². The highest BCUT2D eigenvalue weighted by Crippen LogP contribution is 2.37. The molecule has 3 aromatic heterocycles. The molecule has 7 nitrogen and oxygen atoms in total. The summed E-state index contributed by atoms with van der Waals surface area (Å²) in [5.74, 6) is 0.726. The van der Waals surface area contributed by atoms with Crippen LogP contribution in [0.5, 0.6) is 0 Å². The first-order valence-electron chi connectivity index (χ1n) is 10.4. The lowest BCUT2D eigenvalue weighted by atomic mass is 9.89. The van der Waals surface area contributed by atoms with Gasteiger partial charge in [0.2, 0.25) is 6.41 Å². The van der Waals surface area contributed by atoms with Crippen LogP contribution in [0.3, 0.4) is 0 Å². The molecule has 1 fully saturated rings. The molecule has 1 saturated carbocycles. The van der Waals surface area contributed by atoms with Crippen LogP contribution in [0.25, 0.3) is 16.6 Å². The number of H-pyrrole nitrogens is 1. The number of anilines is 1. The smallest absolute Gasteiger partial charge is 0.254 e. The number of halogens is 1. The van der Waals surface area contributed by atoms with Crippen molar-refractivity contribution in [3.8, 4) is 0 Å². The molecule has 5 rings (SSSR count). The van der Waals surface area contributed by atoms with Crippen LogP contribution in [0, 0.1) is 5.92 Å². The number of nitrogens with zero attached hydrogens (tertiary/aromatic N) is 4. The number of pyridine rings is 2. The predicted octanol–water partition coefficient (Wildman–Crippen LogP) is 3.91. The van der Waals surface area contributed by atoms with Gasteiger partial charge in [0.25, 0.3) is 5.91 Å². The molecule has 1 atom stereocenters. The summed E-state index contributed by atoms with van der Waals surface area (Å²) in [5.41, 5.74) is 3.51. The molecule has 0 bridgehead atoms.